The minimum absolute atomic E-state index is 0.138. The van der Waals surface area contributed by atoms with Gasteiger partial charge in [0.15, 0.2) is 0 Å². The van der Waals surface area contributed by atoms with Gasteiger partial charge in [0.2, 0.25) is 5.91 Å². The van der Waals surface area contributed by atoms with Gasteiger partial charge in [-0.05, 0) is 38.5 Å². The van der Waals surface area contributed by atoms with Crippen molar-refractivity contribution >= 4 is 11.9 Å². The molecule has 18 heavy (non-hydrogen) atoms. The van der Waals surface area contributed by atoms with Crippen LogP contribution < -0.4 is 0 Å². The molecule has 1 amide bonds. The molecule has 0 radical (unpaired) electrons. The first kappa shape index (κ1) is 13.3. The van der Waals surface area contributed by atoms with Crippen LogP contribution in [0.15, 0.2) is 0 Å². The number of hydrogen-bond acceptors (Lipinski definition) is 3. The number of carbonyl (C=O) groups is 2. The van der Waals surface area contributed by atoms with Crippen LogP contribution in [0.2, 0.25) is 0 Å². The van der Waals surface area contributed by atoms with Gasteiger partial charge < -0.3 is 15.1 Å². The predicted molar refractivity (Wildman–Crippen MR) is 65.0 cm³/mol. The Balaban J connectivity index is 1.78. The lowest BCUT2D eigenvalue weighted by molar-refractivity contribution is -0.139. The number of aliphatic carboxylic acids is 1. The molecule has 0 aliphatic carbocycles. The maximum atomic E-state index is 12.1. The van der Waals surface area contributed by atoms with Gasteiger partial charge in [-0.15, -0.1) is 0 Å². The van der Waals surface area contributed by atoms with E-state index >= 15 is 0 Å². The molecule has 0 aromatic rings. The first-order valence-corrected chi connectivity index (χ1v) is 6.79. The van der Waals surface area contributed by atoms with Gasteiger partial charge in [-0.2, -0.15) is 0 Å². The van der Waals surface area contributed by atoms with E-state index in [-0.39, 0.29) is 30.5 Å². The predicted octanol–water partition coefficient (Wildman–Crippen LogP) is 1.15. The zero-order valence-corrected chi connectivity index (χ0v) is 10.5. The number of piperidine rings is 1. The van der Waals surface area contributed by atoms with Gasteiger partial charge in [0, 0.05) is 24.9 Å². The number of unbranched alkanes of at least 4 members (excludes halogenated alkanes) is 1. The summed E-state index contributed by atoms with van der Waals surface area (Å²) in [5.74, 6) is -0.664. The SMILES string of the molecule is O=C(O)CCCCC(=O)N1C2CCC1CC(O)C2. The zero-order valence-electron chi connectivity index (χ0n) is 10.5. The summed E-state index contributed by atoms with van der Waals surface area (Å²) in [7, 11) is 0. The summed E-state index contributed by atoms with van der Waals surface area (Å²) < 4.78 is 0. The highest BCUT2D eigenvalue weighted by Crippen LogP contribution is 2.36. The van der Waals surface area contributed by atoms with Gasteiger partial charge in [-0.3, -0.25) is 9.59 Å². The lowest BCUT2D eigenvalue weighted by Gasteiger charge is -2.37. The Labute approximate surface area is 107 Å². The van der Waals surface area contributed by atoms with Crippen LogP contribution in [0.5, 0.6) is 0 Å². The molecule has 2 saturated heterocycles. The number of hydrogen-bond donors (Lipinski definition) is 2. The third-order valence-electron chi connectivity index (χ3n) is 4.03. The maximum absolute atomic E-state index is 12.1. The molecule has 0 saturated carbocycles. The average molecular weight is 255 g/mol. The number of nitrogens with zero attached hydrogens (tertiary/aromatic N) is 1. The van der Waals surface area contributed by atoms with Crippen LogP contribution in [-0.4, -0.2) is 45.2 Å². The number of fused-ring (bicyclic) bond motifs is 2. The summed E-state index contributed by atoms with van der Waals surface area (Å²) in [5, 5.41) is 18.2. The van der Waals surface area contributed by atoms with E-state index < -0.39 is 5.97 Å². The van der Waals surface area contributed by atoms with Crippen LogP contribution >= 0.6 is 0 Å². The minimum atomic E-state index is -0.802. The topological polar surface area (TPSA) is 77.8 Å². The Morgan fingerprint density at radius 1 is 1.06 bits per heavy atom. The van der Waals surface area contributed by atoms with Crippen LogP contribution in [0, 0.1) is 0 Å². The Kier molecular flexibility index (Phi) is 4.22. The van der Waals surface area contributed by atoms with Crippen molar-refractivity contribution in [3.8, 4) is 0 Å². The van der Waals surface area contributed by atoms with Crippen molar-refractivity contribution in [2.24, 2.45) is 0 Å². The van der Waals surface area contributed by atoms with Gasteiger partial charge in [0.25, 0.3) is 0 Å². The standard InChI is InChI=1S/C13H21NO4/c15-11-7-9-5-6-10(8-11)14(9)12(16)3-1-2-4-13(17)18/h9-11,15H,1-8H2,(H,17,18). The van der Waals surface area contributed by atoms with Crippen LogP contribution in [0.4, 0.5) is 0 Å². The average Bonchev–Trinajstić information content (AvgIpc) is 2.57. The van der Waals surface area contributed by atoms with Crippen molar-refractivity contribution in [2.75, 3.05) is 0 Å². The van der Waals surface area contributed by atoms with Crippen molar-refractivity contribution < 1.29 is 19.8 Å². The van der Waals surface area contributed by atoms with Gasteiger partial charge in [0.05, 0.1) is 6.10 Å². The summed E-state index contributed by atoms with van der Waals surface area (Å²) >= 11 is 0. The number of aliphatic hydroxyl groups excluding tert-OH is 1. The summed E-state index contributed by atoms with van der Waals surface area (Å²) in [6.07, 6.45) is 4.95. The number of rotatable bonds is 5. The van der Waals surface area contributed by atoms with E-state index in [0.717, 1.165) is 12.8 Å². The molecule has 2 bridgehead atoms. The molecule has 2 fully saturated rings. The molecule has 0 aromatic carbocycles. The molecule has 0 spiro atoms. The van der Waals surface area contributed by atoms with Gasteiger partial charge >= 0.3 is 5.97 Å². The third-order valence-corrected chi connectivity index (χ3v) is 4.03. The van der Waals surface area contributed by atoms with E-state index in [2.05, 4.69) is 0 Å². The molecule has 2 heterocycles. The molecular formula is C13H21NO4. The fraction of sp³-hybridized carbons (Fsp3) is 0.846. The fourth-order valence-corrected chi connectivity index (χ4v) is 3.24. The number of carbonyl (C=O) groups excluding carboxylic acids is 1. The number of amides is 1. The lowest BCUT2D eigenvalue weighted by Crippen LogP contribution is -2.47. The largest absolute Gasteiger partial charge is 0.481 e. The fourth-order valence-electron chi connectivity index (χ4n) is 3.24. The molecule has 0 aromatic heterocycles. The molecule has 2 aliphatic heterocycles. The van der Waals surface area contributed by atoms with E-state index in [1.807, 2.05) is 4.90 Å². The Bertz CT molecular complexity index is 317. The van der Waals surface area contributed by atoms with E-state index in [1.54, 1.807) is 0 Å². The van der Waals surface area contributed by atoms with Crippen molar-refractivity contribution in [3.63, 3.8) is 0 Å². The third kappa shape index (κ3) is 3.02. The summed E-state index contributed by atoms with van der Waals surface area (Å²) in [6, 6.07) is 0.427. The molecule has 2 unspecified atom stereocenters. The monoisotopic (exact) mass is 255 g/mol. The van der Waals surface area contributed by atoms with Crippen LogP contribution in [-0.2, 0) is 9.59 Å². The van der Waals surface area contributed by atoms with Crippen molar-refractivity contribution in [1.82, 2.24) is 4.90 Å². The molecule has 2 rings (SSSR count). The van der Waals surface area contributed by atoms with Crippen molar-refractivity contribution in [1.29, 1.82) is 0 Å². The van der Waals surface area contributed by atoms with Gasteiger partial charge in [0.1, 0.15) is 0 Å². The molecule has 5 heteroatoms. The lowest BCUT2D eigenvalue weighted by atomic mass is 9.99. The molecule has 5 nitrogen and oxygen atoms in total. The van der Waals surface area contributed by atoms with Gasteiger partial charge in [-0.25, -0.2) is 0 Å². The van der Waals surface area contributed by atoms with Crippen LogP contribution in [0.25, 0.3) is 0 Å². The normalized spacial score (nSPS) is 30.5. The number of aliphatic hydroxyl groups is 1. The Morgan fingerprint density at radius 2 is 1.61 bits per heavy atom. The maximum Gasteiger partial charge on any atom is 0.303 e. The molecule has 102 valence electrons. The highest BCUT2D eigenvalue weighted by molar-refractivity contribution is 5.77. The summed E-state index contributed by atoms with van der Waals surface area (Å²) in [4.78, 5) is 24.4. The van der Waals surface area contributed by atoms with Crippen LogP contribution in [0.3, 0.4) is 0 Å². The van der Waals surface area contributed by atoms with Crippen molar-refractivity contribution in [3.05, 3.63) is 0 Å². The number of carboxylic acid groups (broad SMARTS) is 1. The second kappa shape index (κ2) is 5.69. The first-order valence-electron chi connectivity index (χ1n) is 6.79. The molecule has 2 aliphatic rings. The Morgan fingerprint density at radius 3 is 2.17 bits per heavy atom. The molecule has 2 atom stereocenters. The van der Waals surface area contributed by atoms with Crippen molar-refractivity contribution in [2.45, 2.75) is 69.6 Å². The molecule has 2 N–H and O–H groups in total. The molecular weight excluding hydrogens is 234 g/mol. The highest BCUT2D eigenvalue weighted by Gasteiger charge is 2.42. The minimum Gasteiger partial charge on any atom is -0.481 e. The number of carboxylic acids is 1. The zero-order chi connectivity index (χ0) is 13.1. The van der Waals surface area contributed by atoms with E-state index in [4.69, 9.17) is 5.11 Å². The van der Waals surface area contributed by atoms with E-state index in [9.17, 15) is 14.7 Å². The smallest absolute Gasteiger partial charge is 0.303 e. The highest BCUT2D eigenvalue weighted by atomic mass is 16.4. The van der Waals surface area contributed by atoms with Crippen LogP contribution in [0.1, 0.15) is 51.4 Å². The quantitative estimate of drug-likeness (QED) is 0.722. The van der Waals surface area contributed by atoms with Gasteiger partial charge in [-0.1, -0.05) is 0 Å². The summed E-state index contributed by atoms with van der Waals surface area (Å²) in [5.41, 5.74) is 0. The summed E-state index contributed by atoms with van der Waals surface area (Å²) in [6.45, 7) is 0. The second-order valence-corrected chi connectivity index (χ2v) is 5.41. The Hall–Kier alpha value is -1.10. The van der Waals surface area contributed by atoms with E-state index in [1.165, 1.54) is 0 Å². The second-order valence-electron chi connectivity index (χ2n) is 5.41. The van der Waals surface area contributed by atoms with E-state index in [0.29, 0.717) is 32.1 Å². The first-order chi connectivity index (χ1) is 8.58.